The van der Waals surface area contributed by atoms with Gasteiger partial charge in [0.2, 0.25) is 0 Å². The standard InChI is InChI=1S/C14H18BrFN2O/c1-9-3-5-18(6-4-9)14(19)17-13-8-12(16)11(15)7-10(13)2/h7-9H,3-6H2,1-2H3,(H,17,19). The first-order chi connectivity index (χ1) is 8.97. The maximum atomic E-state index is 13.5. The van der Waals surface area contributed by atoms with Crippen LogP contribution in [0.25, 0.3) is 0 Å². The number of amides is 2. The summed E-state index contributed by atoms with van der Waals surface area (Å²) in [5, 5.41) is 2.79. The lowest BCUT2D eigenvalue weighted by atomic mass is 10.00. The highest BCUT2D eigenvalue weighted by Crippen LogP contribution is 2.24. The molecule has 0 unspecified atom stereocenters. The number of carbonyl (C=O) groups is 1. The Balaban J connectivity index is 2.05. The van der Waals surface area contributed by atoms with E-state index < -0.39 is 0 Å². The molecule has 1 fully saturated rings. The van der Waals surface area contributed by atoms with Crippen molar-refractivity contribution in [2.75, 3.05) is 18.4 Å². The summed E-state index contributed by atoms with van der Waals surface area (Å²) in [4.78, 5) is 13.9. The molecule has 3 nitrogen and oxygen atoms in total. The summed E-state index contributed by atoms with van der Waals surface area (Å²) in [6.07, 6.45) is 2.06. The van der Waals surface area contributed by atoms with Crippen molar-refractivity contribution < 1.29 is 9.18 Å². The summed E-state index contributed by atoms with van der Waals surface area (Å²) in [5.74, 6) is 0.309. The quantitative estimate of drug-likeness (QED) is 0.824. The molecular weight excluding hydrogens is 311 g/mol. The third kappa shape index (κ3) is 3.47. The highest BCUT2D eigenvalue weighted by atomic mass is 79.9. The van der Waals surface area contributed by atoms with Crippen LogP contribution in [0.5, 0.6) is 0 Å². The van der Waals surface area contributed by atoms with E-state index in [4.69, 9.17) is 0 Å². The lowest BCUT2D eigenvalue weighted by Crippen LogP contribution is -2.40. The maximum absolute atomic E-state index is 13.5. The van der Waals surface area contributed by atoms with Crippen molar-refractivity contribution >= 4 is 27.6 Å². The maximum Gasteiger partial charge on any atom is 0.321 e. The van der Waals surface area contributed by atoms with Crippen LogP contribution in [0.2, 0.25) is 0 Å². The smallest absolute Gasteiger partial charge is 0.321 e. The van der Waals surface area contributed by atoms with Crippen molar-refractivity contribution in [1.82, 2.24) is 4.90 Å². The molecule has 5 heteroatoms. The van der Waals surface area contributed by atoms with Gasteiger partial charge in [0.05, 0.1) is 4.47 Å². The Morgan fingerprint density at radius 1 is 1.42 bits per heavy atom. The zero-order chi connectivity index (χ0) is 14.0. The van der Waals surface area contributed by atoms with Crippen LogP contribution in [0.3, 0.4) is 0 Å². The molecule has 1 N–H and O–H groups in total. The fourth-order valence-electron chi connectivity index (χ4n) is 2.19. The normalized spacial score (nSPS) is 16.5. The number of hydrogen-bond acceptors (Lipinski definition) is 1. The molecule has 0 atom stereocenters. The minimum atomic E-state index is -0.367. The summed E-state index contributed by atoms with van der Waals surface area (Å²) < 4.78 is 13.9. The number of urea groups is 1. The molecule has 1 aliphatic heterocycles. The second-order valence-electron chi connectivity index (χ2n) is 5.18. The number of halogens is 2. The van der Waals surface area contributed by atoms with Gasteiger partial charge in [-0.3, -0.25) is 0 Å². The van der Waals surface area contributed by atoms with E-state index in [9.17, 15) is 9.18 Å². The molecule has 1 aromatic carbocycles. The number of piperidine rings is 1. The van der Waals surface area contributed by atoms with Crippen molar-refractivity contribution in [3.63, 3.8) is 0 Å². The van der Waals surface area contributed by atoms with Crippen LogP contribution in [0.15, 0.2) is 16.6 Å². The van der Waals surface area contributed by atoms with Crippen molar-refractivity contribution in [2.45, 2.75) is 26.7 Å². The van der Waals surface area contributed by atoms with Gasteiger partial charge in [-0.1, -0.05) is 6.92 Å². The van der Waals surface area contributed by atoms with E-state index in [1.807, 2.05) is 6.92 Å². The summed E-state index contributed by atoms with van der Waals surface area (Å²) in [5.41, 5.74) is 1.37. The number of benzene rings is 1. The highest BCUT2D eigenvalue weighted by molar-refractivity contribution is 9.10. The lowest BCUT2D eigenvalue weighted by Gasteiger charge is -2.30. The average molecular weight is 329 g/mol. The van der Waals surface area contributed by atoms with Gasteiger partial charge in [-0.15, -0.1) is 0 Å². The predicted molar refractivity (Wildman–Crippen MR) is 77.8 cm³/mol. The Bertz CT molecular complexity index is 485. The number of nitrogens with zero attached hydrogens (tertiary/aromatic N) is 1. The average Bonchev–Trinajstić information content (AvgIpc) is 2.36. The van der Waals surface area contributed by atoms with Gasteiger partial charge in [0.15, 0.2) is 0 Å². The number of hydrogen-bond donors (Lipinski definition) is 1. The highest BCUT2D eigenvalue weighted by Gasteiger charge is 2.20. The minimum Gasteiger partial charge on any atom is -0.325 e. The van der Waals surface area contributed by atoms with Crippen molar-refractivity contribution in [1.29, 1.82) is 0 Å². The van der Waals surface area contributed by atoms with Crippen LogP contribution in [-0.2, 0) is 0 Å². The Hall–Kier alpha value is -1.10. The van der Waals surface area contributed by atoms with E-state index in [-0.39, 0.29) is 11.8 Å². The first-order valence-corrected chi connectivity index (χ1v) is 7.28. The third-order valence-electron chi connectivity index (χ3n) is 3.58. The fraction of sp³-hybridized carbons (Fsp3) is 0.500. The second kappa shape index (κ2) is 5.90. The molecule has 2 rings (SSSR count). The molecule has 0 bridgehead atoms. The van der Waals surface area contributed by atoms with Gasteiger partial charge in [-0.05, 0) is 59.3 Å². The van der Waals surface area contributed by atoms with Gasteiger partial charge in [-0.25, -0.2) is 9.18 Å². The molecule has 1 heterocycles. The van der Waals surface area contributed by atoms with Gasteiger partial charge >= 0.3 is 6.03 Å². The van der Waals surface area contributed by atoms with Gasteiger partial charge in [0.1, 0.15) is 5.82 Å². The van der Waals surface area contributed by atoms with Crippen LogP contribution >= 0.6 is 15.9 Å². The zero-order valence-corrected chi connectivity index (χ0v) is 12.8. The molecule has 1 aliphatic rings. The van der Waals surface area contributed by atoms with E-state index in [2.05, 4.69) is 28.2 Å². The van der Waals surface area contributed by atoms with Crippen LogP contribution in [-0.4, -0.2) is 24.0 Å². The number of likely N-dealkylation sites (tertiary alicyclic amines) is 1. The number of anilines is 1. The molecule has 2 amide bonds. The van der Waals surface area contributed by atoms with E-state index in [0.717, 1.165) is 31.5 Å². The molecule has 0 spiro atoms. The Kier molecular flexibility index (Phi) is 4.45. The summed E-state index contributed by atoms with van der Waals surface area (Å²) in [7, 11) is 0. The summed E-state index contributed by atoms with van der Waals surface area (Å²) in [6, 6.07) is 2.88. The molecule has 0 aliphatic carbocycles. The van der Waals surface area contributed by atoms with Gasteiger partial charge in [-0.2, -0.15) is 0 Å². The predicted octanol–water partition coefficient (Wildman–Crippen LogP) is 4.16. The Morgan fingerprint density at radius 2 is 2.05 bits per heavy atom. The monoisotopic (exact) mass is 328 g/mol. The van der Waals surface area contributed by atoms with Gasteiger partial charge in [0, 0.05) is 18.8 Å². The molecular formula is C14H18BrFN2O. The number of carbonyl (C=O) groups excluding carboxylic acids is 1. The van der Waals surface area contributed by atoms with Crippen LogP contribution < -0.4 is 5.32 Å². The zero-order valence-electron chi connectivity index (χ0n) is 11.2. The number of aryl methyl sites for hydroxylation is 1. The van der Waals surface area contributed by atoms with Crippen LogP contribution in [0, 0.1) is 18.7 Å². The molecule has 104 valence electrons. The third-order valence-corrected chi connectivity index (χ3v) is 4.19. The van der Waals surface area contributed by atoms with E-state index in [0.29, 0.717) is 16.1 Å². The molecule has 1 aromatic rings. The second-order valence-corrected chi connectivity index (χ2v) is 6.04. The lowest BCUT2D eigenvalue weighted by molar-refractivity contribution is 0.186. The van der Waals surface area contributed by atoms with Crippen molar-refractivity contribution in [3.05, 3.63) is 28.0 Å². The summed E-state index contributed by atoms with van der Waals surface area (Å²) in [6.45, 7) is 5.58. The summed E-state index contributed by atoms with van der Waals surface area (Å²) >= 11 is 3.13. The molecule has 0 radical (unpaired) electrons. The topological polar surface area (TPSA) is 32.3 Å². The van der Waals surface area contributed by atoms with Crippen molar-refractivity contribution in [3.8, 4) is 0 Å². The first-order valence-electron chi connectivity index (χ1n) is 6.49. The Labute approximate surface area is 121 Å². The first kappa shape index (κ1) is 14.3. The van der Waals surface area contributed by atoms with E-state index in [1.165, 1.54) is 6.07 Å². The van der Waals surface area contributed by atoms with Gasteiger partial charge < -0.3 is 10.2 Å². The number of nitrogens with one attached hydrogen (secondary N) is 1. The van der Waals surface area contributed by atoms with Crippen LogP contribution in [0.1, 0.15) is 25.3 Å². The van der Waals surface area contributed by atoms with Crippen LogP contribution in [0.4, 0.5) is 14.9 Å². The van der Waals surface area contributed by atoms with Gasteiger partial charge in [0.25, 0.3) is 0 Å². The molecule has 0 aromatic heterocycles. The SMILES string of the molecule is Cc1cc(Br)c(F)cc1NC(=O)N1CCC(C)CC1. The van der Waals surface area contributed by atoms with E-state index >= 15 is 0 Å². The molecule has 19 heavy (non-hydrogen) atoms. The number of rotatable bonds is 1. The van der Waals surface area contributed by atoms with E-state index in [1.54, 1.807) is 11.0 Å². The molecule has 1 saturated heterocycles. The van der Waals surface area contributed by atoms with Crippen molar-refractivity contribution in [2.24, 2.45) is 5.92 Å². The largest absolute Gasteiger partial charge is 0.325 e. The molecule has 0 saturated carbocycles. The fourth-order valence-corrected chi connectivity index (χ4v) is 2.64. The minimum absolute atomic E-state index is 0.142. The Morgan fingerprint density at radius 3 is 2.68 bits per heavy atom.